The van der Waals surface area contributed by atoms with Gasteiger partial charge in [0, 0.05) is 17.7 Å². The van der Waals surface area contributed by atoms with Crippen LogP contribution in [0.2, 0.25) is 0 Å². The lowest BCUT2D eigenvalue weighted by Gasteiger charge is -2.10. The zero-order valence-electron chi connectivity index (χ0n) is 12.4. The van der Waals surface area contributed by atoms with Crippen molar-refractivity contribution in [2.24, 2.45) is 0 Å². The second-order valence-corrected chi connectivity index (χ2v) is 5.85. The summed E-state index contributed by atoms with van der Waals surface area (Å²) < 4.78 is 2.32. The molecule has 1 aromatic heterocycles. The fourth-order valence-corrected chi connectivity index (χ4v) is 3.42. The molecule has 0 unspecified atom stereocenters. The Morgan fingerprint density at radius 3 is 2.48 bits per heavy atom. The van der Waals surface area contributed by atoms with Crippen LogP contribution in [0.1, 0.15) is 16.7 Å². The standard InChI is InChI=1S/C20H18N/c1-14-6-5-7-15(2)20(14)16-9-10-17-13-21-11-4-3-8-19(21)18(17)12-16/h3-12H,13H2,1-2H3/q+1. The van der Waals surface area contributed by atoms with Gasteiger partial charge in [0.1, 0.15) is 0 Å². The van der Waals surface area contributed by atoms with Crippen LogP contribution in [0.25, 0.3) is 22.4 Å². The zero-order valence-corrected chi connectivity index (χ0v) is 12.4. The lowest BCUT2D eigenvalue weighted by Crippen LogP contribution is -2.31. The van der Waals surface area contributed by atoms with E-state index < -0.39 is 0 Å². The molecule has 0 saturated carbocycles. The van der Waals surface area contributed by atoms with Crippen LogP contribution >= 0.6 is 0 Å². The van der Waals surface area contributed by atoms with Crippen molar-refractivity contribution in [1.82, 2.24) is 0 Å². The summed E-state index contributed by atoms with van der Waals surface area (Å²) in [6.45, 7) is 5.37. The first-order chi connectivity index (χ1) is 10.2. The van der Waals surface area contributed by atoms with Gasteiger partial charge in [-0.05, 0) is 48.2 Å². The number of aromatic nitrogens is 1. The number of aryl methyl sites for hydroxylation is 2. The average Bonchev–Trinajstić information content (AvgIpc) is 2.85. The van der Waals surface area contributed by atoms with Gasteiger partial charge in [0.25, 0.3) is 0 Å². The summed E-state index contributed by atoms with van der Waals surface area (Å²) in [7, 11) is 0. The summed E-state index contributed by atoms with van der Waals surface area (Å²) in [6, 6.07) is 19.8. The Hall–Kier alpha value is -2.41. The summed E-state index contributed by atoms with van der Waals surface area (Å²) in [5.74, 6) is 0. The Kier molecular flexibility index (Phi) is 2.68. The number of hydrogen-bond donors (Lipinski definition) is 0. The summed E-state index contributed by atoms with van der Waals surface area (Å²) in [4.78, 5) is 0. The highest BCUT2D eigenvalue weighted by Gasteiger charge is 2.25. The van der Waals surface area contributed by atoms with Crippen LogP contribution in [-0.2, 0) is 6.54 Å². The molecule has 0 saturated heterocycles. The molecule has 0 spiro atoms. The van der Waals surface area contributed by atoms with Crippen LogP contribution < -0.4 is 4.57 Å². The Balaban J connectivity index is 1.93. The van der Waals surface area contributed by atoms with Gasteiger partial charge in [-0.1, -0.05) is 30.3 Å². The van der Waals surface area contributed by atoms with E-state index in [2.05, 4.69) is 79.2 Å². The van der Waals surface area contributed by atoms with Crippen molar-refractivity contribution in [3.8, 4) is 22.4 Å². The minimum Gasteiger partial charge on any atom is -0.194 e. The molecule has 1 aliphatic rings. The zero-order chi connectivity index (χ0) is 14.4. The van der Waals surface area contributed by atoms with Gasteiger partial charge in [-0.15, -0.1) is 0 Å². The van der Waals surface area contributed by atoms with E-state index in [0.717, 1.165) is 6.54 Å². The van der Waals surface area contributed by atoms with Gasteiger partial charge in [-0.25, -0.2) is 0 Å². The van der Waals surface area contributed by atoms with Gasteiger partial charge >= 0.3 is 0 Å². The van der Waals surface area contributed by atoms with Gasteiger partial charge in [0.05, 0.1) is 5.56 Å². The largest absolute Gasteiger partial charge is 0.213 e. The molecule has 1 heteroatoms. The first kappa shape index (κ1) is 12.3. The Morgan fingerprint density at radius 2 is 1.67 bits per heavy atom. The minimum atomic E-state index is 0.985. The third kappa shape index (κ3) is 1.89. The van der Waals surface area contributed by atoms with Gasteiger partial charge < -0.3 is 0 Å². The molecular formula is C20H18N+. The maximum atomic E-state index is 2.35. The van der Waals surface area contributed by atoms with Gasteiger partial charge in [-0.3, -0.25) is 0 Å². The van der Waals surface area contributed by atoms with Crippen LogP contribution in [-0.4, -0.2) is 0 Å². The molecule has 0 fully saturated rings. The maximum absolute atomic E-state index is 2.35. The van der Waals surface area contributed by atoms with Crippen molar-refractivity contribution in [2.75, 3.05) is 0 Å². The highest BCUT2D eigenvalue weighted by atomic mass is 15.0. The van der Waals surface area contributed by atoms with Crippen molar-refractivity contribution in [2.45, 2.75) is 20.4 Å². The molecule has 0 amide bonds. The Morgan fingerprint density at radius 1 is 0.857 bits per heavy atom. The van der Waals surface area contributed by atoms with E-state index in [4.69, 9.17) is 0 Å². The normalized spacial score (nSPS) is 12.1. The molecule has 1 nitrogen and oxygen atoms in total. The molecule has 2 heterocycles. The lowest BCUT2D eigenvalue weighted by molar-refractivity contribution is -0.672. The summed E-state index contributed by atoms with van der Waals surface area (Å²) in [5.41, 5.74) is 9.48. The Labute approximate surface area is 125 Å². The predicted molar refractivity (Wildman–Crippen MR) is 86.1 cm³/mol. The predicted octanol–water partition coefficient (Wildman–Crippen LogP) is 4.29. The van der Waals surface area contributed by atoms with E-state index in [0.29, 0.717) is 0 Å². The fraction of sp³-hybridized carbons (Fsp3) is 0.150. The van der Waals surface area contributed by atoms with Crippen molar-refractivity contribution < 1.29 is 4.57 Å². The molecule has 0 N–H and O–H groups in total. The van der Waals surface area contributed by atoms with Crippen molar-refractivity contribution in [3.05, 3.63) is 77.5 Å². The SMILES string of the molecule is Cc1cccc(C)c1-c1ccc2c(c1)-c1cccc[n+]1C2. The third-order valence-electron chi connectivity index (χ3n) is 4.44. The monoisotopic (exact) mass is 272 g/mol. The van der Waals surface area contributed by atoms with Crippen LogP contribution in [0.15, 0.2) is 60.8 Å². The fourth-order valence-electron chi connectivity index (χ4n) is 3.42. The summed E-state index contributed by atoms with van der Waals surface area (Å²) in [6.07, 6.45) is 2.16. The third-order valence-corrected chi connectivity index (χ3v) is 4.44. The molecule has 0 bridgehead atoms. The van der Waals surface area contributed by atoms with E-state index in [1.807, 2.05) is 0 Å². The molecule has 102 valence electrons. The van der Waals surface area contributed by atoms with Crippen LogP contribution in [0.3, 0.4) is 0 Å². The van der Waals surface area contributed by atoms with Crippen molar-refractivity contribution in [1.29, 1.82) is 0 Å². The number of fused-ring (bicyclic) bond motifs is 3. The quantitative estimate of drug-likeness (QED) is 0.455. The molecular weight excluding hydrogens is 254 g/mol. The number of pyridine rings is 1. The van der Waals surface area contributed by atoms with E-state index in [1.54, 1.807) is 0 Å². The van der Waals surface area contributed by atoms with Crippen LogP contribution in [0, 0.1) is 13.8 Å². The van der Waals surface area contributed by atoms with Gasteiger partial charge in [0.2, 0.25) is 5.69 Å². The number of benzene rings is 2. The van der Waals surface area contributed by atoms with Crippen LogP contribution in [0.5, 0.6) is 0 Å². The van der Waals surface area contributed by atoms with Crippen molar-refractivity contribution >= 4 is 0 Å². The molecule has 0 atom stereocenters. The number of hydrogen-bond acceptors (Lipinski definition) is 0. The van der Waals surface area contributed by atoms with Gasteiger partial charge in [0.15, 0.2) is 12.7 Å². The van der Waals surface area contributed by atoms with Crippen LogP contribution in [0.4, 0.5) is 0 Å². The molecule has 21 heavy (non-hydrogen) atoms. The summed E-state index contributed by atoms with van der Waals surface area (Å²) in [5, 5.41) is 0. The molecule has 4 rings (SSSR count). The number of rotatable bonds is 1. The highest BCUT2D eigenvalue weighted by Crippen LogP contribution is 2.33. The van der Waals surface area contributed by atoms with E-state index in [9.17, 15) is 0 Å². The van der Waals surface area contributed by atoms with Crippen molar-refractivity contribution in [3.63, 3.8) is 0 Å². The maximum Gasteiger partial charge on any atom is 0.213 e. The minimum absolute atomic E-state index is 0.985. The molecule has 0 radical (unpaired) electrons. The number of nitrogens with zero attached hydrogens (tertiary/aromatic N) is 1. The Bertz CT molecular complexity index is 826. The molecule has 0 aliphatic carbocycles. The van der Waals surface area contributed by atoms with E-state index in [-0.39, 0.29) is 0 Å². The molecule has 3 aromatic rings. The van der Waals surface area contributed by atoms with E-state index >= 15 is 0 Å². The second-order valence-electron chi connectivity index (χ2n) is 5.85. The topological polar surface area (TPSA) is 3.88 Å². The van der Waals surface area contributed by atoms with Gasteiger partial charge in [-0.2, -0.15) is 4.57 Å². The molecule has 2 aromatic carbocycles. The molecule has 1 aliphatic heterocycles. The summed E-state index contributed by atoms with van der Waals surface area (Å²) >= 11 is 0. The highest BCUT2D eigenvalue weighted by molar-refractivity contribution is 5.77. The lowest BCUT2D eigenvalue weighted by atomic mass is 9.93. The first-order valence-electron chi connectivity index (χ1n) is 7.42. The first-order valence-corrected chi connectivity index (χ1v) is 7.42. The second kappa shape index (κ2) is 4.56. The van der Waals surface area contributed by atoms with E-state index in [1.165, 1.54) is 39.1 Å². The smallest absolute Gasteiger partial charge is 0.194 e. The average molecular weight is 272 g/mol.